The summed E-state index contributed by atoms with van der Waals surface area (Å²) in [6.45, 7) is 7.00. The summed E-state index contributed by atoms with van der Waals surface area (Å²) < 4.78 is 6.23. The average Bonchev–Trinajstić information content (AvgIpc) is 3.23. The van der Waals surface area contributed by atoms with Crippen LogP contribution in [0.15, 0.2) is 34.0 Å². The van der Waals surface area contributed by atoms with Gasteiger partial charge in [0.1, 0.15) is 10.9 Å². The summed E-state index contributed by atoms with van der Waals surface area (Å²) >= 11 is 3.14. The van der Waals surface area contributed by atoms with E-state index in [2.05, 4.69) is 41.9 Å². The molecule has 1 N–H and O–H groups in total. The van der Waals surface area contributed by atoms with Crippen molar-refractivity contribution < 1.29 is 9.53 Å². The van der Waals surface area contributed by atoms with Crippen LogP contribution in [0.2, 0.25) is 0 Å². The summed E-state index contributed by atoms with van der Waals surface area (Å²) in [5, 5.41) is 5.61. The fraction of sp³-hybridized carbons (Fsp3) is 0.643. The monoisotopic (exact) mass is 502 g/mol. The number of carbonyl (C=O) groups excluding carboxylic acids is 1. The predicted octanol–water partition coefficient (Wildman–Crippen LogP) is 8.06. The number of ether oxygens (including phenoxy) is 1. The molecule has 0 aliphatic heterocycles. The highest BCUT2D eigenvalue weighted by Gasteiger charge is 2.34. The Bertz CT molecular complexity index is 856. The van der Waals surface area contributed by atoms with E-state index in [4.69, 9.17) is 9.72 Å². The van der Waals surface area contributed by atoms with Gasteiger partial charge in [-0.25, -0.2) is 4.98 Å². The molecule has 0 atom stereocenters. The van der Waals surface area contributed by atoms with Gasteiger partial charge in [0, 0.05) is 24.0 Å². The molecule has 6 heteroatoms. The normalized spacial score (nSPS) is 15.5. The molecule has 4 nitrogen and oxygen atoms in total. The van der Waals surface area contributed by atoms with Crippen molar-refractivity contribution in [3.63, 3.8) is 0 Å². The number of carbonyl (C=O) groups is 1. The van der Waals surface area contributed by atoms with Crippen molar-refractivity contribution >= 4 is 34.8 Å². The molecule has 34 heavy (non-hydrogen) atoms. The topological polar surface area (TPSA) is 51.2 Å². The third-order valence-electron chi connectivity index (χ3n) is 6.42. The van der Waals surface area contributed by atoms with Gasteiger partial charge >= 0.3 is 5.97 Å². The number of thiazole rings is 1. The molecular formula is C28H42N2O2S2. The molecule has 1 aromatic carbocycles. The van der Waals surface area contributed by atoms with E-state index in [1.807, 2.05) is 13.8 Å². The van der Waals surface area contributed by atoms with Crippen molar-refractivity contribution in [3.8, 4) is 0 Å². The summed E-state index contributed by atoms with van der Waals surface area (Å²) in [5.74, 6) is -0.111. The number of nitrogens with zero attached hydrogens (tertiary/aromatic N) is 1. The minimum atomic E-state index is -0.630. The maximum Gasteiger partial charge on any atom is 0.322 e. The van der Waals surface area contributed by atoms with E-state index >= 15 is 0 Å². The van der Waals surface area contributed by atoms with Crippen LogP contribution >= 0.6 is 23.1 Å². The van der Waals surface area contributed by atoms with Crippen LogP contribution in [0.4, 0.5) is 5.69 Å². The van der Waals surface area contributed by atoms with Gasteiger partial charge in [0.15, 0.2) is 4.34 Å². The SMILES string of the molecule is CCCCCc1ccc(NCCc2csc(SC(C)(C)C(=O)OC3CCCCCCC3)n2)cc1. The highest BCUT2D eigenvalue weighted by molar-refractivity contribution is 8.03. The summed E-state index contributed by atoms with van der Waals surface area (Å²) in [4.78, 5) is 17.7. The van der Waals surface area contributed by atoms with E-state index in [1.54, 1.807) is 11.3 Å². The fourth-order valence-electron chi connectivity index (χ4n) is 4.24. The predicted molar refractivity (Wildman–Crippen MR) is 146 cm³/mol. The molecule has 3 rings (SSSR count). The van der Waals surface area contributed by atoms with Crippen LogP contribution in [0.3, 0.4) is 0 Å². The third kappa shape index (κ3) is 9.26. The first kappa shape index (κ1) is 27.1. The van der Waals surface area contributed by atoms with Crippen molar-refractivity contribution in [2.24, 2.45) is 0 Å². The number of thioether (sulfide) groups is 1. The van der Waals surface area contributed by atoms with Crippen molar-refractivity contribution in [1.82, 2.24) is 4.98 Å². The maximum atomic E-state index is 12.9. The van der Waals surface area contributed by atoms with Gasteiger partial charge < -0.3 is 10.1 Å². The van der Waals surface area contributed by atoms with Gasteiger partial charge in [-0.05, 0) is 70.1 Å². The van der Waals surface area contributed by atoms with Crippen molar-refractivity contribution in [2.45, 2.75) is 113 Å². The largest absolute Gasteiger partial charge is 0.461 e. The van der Waals surface area contributed by atoms with E-state index in [0.29, 0.717) is 0 Å². The second-order valence-electron chi connectivity index (χ2n) is 9.92. The molecule has 0 amide bonds. The molecule has 1 saturated carbocycles. The Balaban J connectivity index is 1.42. The first-order valence-electron chi connectivity index (χ1n) is 13.1. The minimum Gasteiger partial charge on any atom is -0.461 e. The zero-order valence-electron chi connectivity index (χ0n) is 21.2. The summed E-state index contributed by atoms with van der Waals surface area (Å²) in [5.41, 5.74) is 3.64. The van der Waals surface area contributed by atoms with Gasteiger partial charge in [0.25, 0.3) is 0 Å². The summed E-state index contributed by atoms with van der Waals surface area (Å²) in [6.07, 6.45) is 14.1. The van der Waals surface area contributed by atoms with E-state index in [9.17, 15) is 4.79 Å². The maximum absolute atomic E-state index is 12.9. The van der Waals surface area contributed by atoms with Gasteiger partial charge in [0.2, 0.25) is 0 Å². The Morgan fingerprint density at radius 1 is 1.09 bits per heavy atom. The van der Waals surface area contributed by atoms with Gasteiger partial charge in [0.05, 0.1) is 5.69 Å². The van der Waals surface area contributed by atoms with Crippen LogP contribution < -0.4 is 5.32 Å². The average molecular weight is 503 g/mol. The van der Waals surface area contributed by atoms with Crippen LogP contribution in [0.25, 0.3) is 0 Å². The highest BCUT2D eigenvalue weighted by atomic mass is 32.2. The van der Waals surface area contributed by atoms with Gasteiger partial charge in [-0.3, -0.25) is 4.79 Å². The second-order valence-corrected chi connectivity index (χ2v) is 12.6. The lowest BCUT2D eigenvalue weighted by molar-refractivity contribution is -0.152. The lowest BCUT2D eigenvalue weighted by atomic mass is 9.98. The lowest BCUT2D eigenvalue weighted by Gasteiger charge is -2.26. The molecule has 2 aromatic rings. The van der Waals surface area contributed by atoms with E-state index in [0.717, 1.165) is 47.9 Å². The molecule has 1 fully saturated rings. The van der Waals surface area contributed by atoms with Crippen molar-refractivity contribution in [1.29, 1.82) is 0 Å². The third-order valence-corrected chi connectivity index (χ3v) is 8.59. The van der Waals surface area contributed by atoms with E-state index in [1.165, 1.54) is 68.7 Å². The molecule has 0 radical (unpaired) electrons. The number of rotatable bonds is 12. The molecule has 0 saturated heterocycles. The van der Waals surface area contributed by atoms with Crippen molar-refractivity contribution in [2.75, 3.05) is 11.9 Å². The molecule has 1 aromatic heterocycles. The molecular weight excluding hydrogens is 460 g/mol. The zero-order valence-corrected chi connectivity index (χ0v) is 22.9. The number of aryl methyl sites for hydroxylation is 1. The van der Waals surface area contributed by atoms with E-state index < -0.39 is 4.75 Å². The van der Waals surface area contributed by atoms with Crippen LogP contribution in [0, 0.1) is 0 Å². The first-order chi connectivity index (χ1) is 16.5. The lowest BCUT2D eigenvalue weighted by Crippen LogP contribution is -2.33. The number of aromatic nitrogens is 1. The molecule has 1 heterocycles. The van der Waals surface area contributed by atoms with Crippen LogP contribution in [0.1, 0.15) is 96.2 Å². The summed E-state index contributed by atoms with van der Waals surface area (Å²) in [7, 11) is 0. The van der Waals surface area contributed by atoms with Crippen LogP contribution in [-0.4, -0.2) is 28.3 Å². The van der Waals surface area contributed by atoms with Gasteiger partial charge in [-0.1, -0.05) is 62.9 Å². The molecule has 1 aliphatic carbocycles. The van der Waals surface area contributed by atoms with Crippen LogP contribution in [0.5, 0.6) is 0 Å². The summed E-state index contributed by atoms with van der Waals surface area (Å²) in [6, 6.07) is 8.81. The first-order valence-corrected chi connectivity index (χ1v) is 14.8. The number of hydrogen-bond acceptors (Lipinski definition) is 6. The molecule has 0 spiro atoms. The quantitative estimate of drug-likeness (QED) is 0.181. The smallest absolute Gasteiger partial charge is 0.322 e. The molecule has 188 valence electrons. The second kappa shape index (κ2) is 14.1. The number of hydrogen-bond donors (Lipinski definition) is 1. The van der Waals surface area contributed by atoms with E-state index in [-0.39, 0.29) is 12.1 Å². The Morgan fingerprint density at radius 2 is 1.79 bits per heavy atom. The van der Waals surface area contributed by atoms with Crippen LogP contribution in [-0.2, 0) is 22.4 Å². The Kier molecular flexibility index (Phi) is 11.2. The Morgan fingerprint density at radius 3 is 2.50 bits per heavy atom. The highest BCUT2D eigenvalue weighted by Crippen LogP contribution is 2.36. The standard InChI is InChI=1S/C28H42N2O2S2/c1-4-5-9-12-22-15-17-23(18-16-22)29-20-19-24-21-33-27(30-24)34-28(2,3)26(31)32-25-13-10-7-6-8-11-14-25/h15-18,21,25,29H,4-14,19-20H2,1-3H3. The fourth-order valence-corrected chi connectivity index (χ4v) is 6.51. The number of benzene rings is 1. The number of anilines is 1. The minimum absolute atomic E-state index is 0.0796. The molecule has 0 unspecified atom stereocenters. The van der Waals surface area contributed by atoms with Crippen molar-refractivity contribution in [3.05, 3.63) is 40.9 Å². The Labute approximate surface area is 214 Å². The number of unbranched alkanes of at least 4 members (excludes halogenated alkanes) is 2. The number of esters is 1. The van der Waals surface area contributed by atoms with Gasteiger partial charge in [-0.2, -0.15) is 0 Å². The molecule has 1 aliphatic rings. The van der Waals surface area contributed by atoms with Gasteiger partial charge in [-0.15, -0.1) is 11.3 Å². The Hall–Kier alpha value is -1.53. The zero-order chi connectivity index (χ0) is 24.2. The number of nitrogens with one attached hydrogen (secondary N) is 1. The molecule has 0 bridgehead atoms.